The first-order chi connectivity index (χ1) is 15.8. The molecular weight excluding hydrogens is 442 g/mol. The molecule has 0 aromatic heterocycles. The van der Waals surface area contributed by atoms with E-state index in [-0.39, 0.29) is 36.1 Å². The number of benzene rings is 1. The number of rotatable bonds is 10. The molecule has 1 fully saturated rings. The molecule has 1 aromatic rings. The second-order valence-corrected chi connectivity index (χ2v) is 10.9. The third kappa shape index (κ3) is 6.94. The van der Waals surface area contributed by atoms with E-state index in [0.29, 0.717) is 0 Å². The number of hydrogen-bond acceptors (Lipinski definition) is 4. The van der Waals surface area contributed by atoms with Gasteiger partial charge in [0.25, 0.3) is 0 Å². The predicted molar refractivity (Wildman–Crippen MR) is 141 cm³/mol. The van der Waals surface area contributed by atoms with E-state index in [0.717, 1.165) is 18.4 Å². The number of likely N-dealkylation sites (N-methyl/N-ethyl adjacent to an activating group) is 2. The van der Waals surface area contributed by atoms with Crippen LogP contribution in [0.15, 0.2) is 42.0 Å². The van der Waals surface area contributed by atoms with Crippen LogP contribution in [0.25, 0.3) is 0 Å². The Hall–Kier alpha value is -2.67. The maximum atomic E-state index is 13.7. The second kappa shape index (κ2) is 11.8. The molecule has 0 spiro atoms. The number of carbonyl (C=O) groups is 3. The molecule has 0 aliphatic heterocycles. The van der Waals surface area contributed by atoms with E-state index in [1.54, 1.807) is 25.1 Å². The minimum Gasteiger partial charge on any atom is -0.478 e. The zero-order valence-electron chi connectivity index (χ0n) is 21.8. The van der Waals surface area contributed by atoms with Crippen molar-refractivity contribution in [2.75, 3.05) is 14.1 Å². The number of nitrogens with zero attached hydrogens (tertiary/aromatic N) is 1. The minimum absolute atomic E-state index is 0. The monoisotopic (exact) mass is 487 g/mol. The molecule has 0 saturated heterocycles. The molecule has 2 rings (SSSR count). The highest BCUT2D eigenvalue weighted by Crippen LogP contribution is 2.51. The Labute approximate surface area is 211 Å². The Morgan fingerprint density at radius 2 is 1.66 bits per heavy atom. The van der Waals surface area contributed by atoms with Crippen molar-refractivity contribution in [2.24, 2.45) is 11.3 Å². The highest BCUT2D eigenvalue weighted by atomic mass is 16.4. The van der Waals surface area contributed by atoms with Gasteiger partial charge in [-0.15, -0.1) is 0 Å². The fraction of sp³-hybridized carbons (Fsp3) is 0.607. The van der Waals surface area contributed by atoms with Crippen molar-refractivity contribution in [1.29, 1.82) is 0 Å². The van der Waals surface area contributed by atoms with E-state index in [9.17, 15) is 19.5 Å². The quantitative estimate of drug-likeness (QED) is 0.434. The number of carboxylic acid groups (broad SMARTS) is 1. The van der Waals surface area contributed by atoms with Gasteiger partial charge in [-0.2, -0.15) is 0 Å². The lowest BCUT2D eigenvalue weighted by atomic mass is 9.83. The van der Waals surface area contributed by atoms with E-state index in [2.05, 4.69) is 22.8 Å². The van der Waals surface area contributed by atoms with Gasteiger partial charge in [0, 0.05) is 18.0 Å². The number of carbonyl (C=O) groups excluding carboxylic acids is 2. The van der Waals surface area contributed by atoms with E-state index >= 15 is 0 Å². The van der Waals surface area contributed by atoms with E-state index in [1.807, 2.05) is 52.8 Å². The van der Waals surface area contributed by atoms with Gasteiger partial charge in [-0.05, 0) is 43.7 Å². The summed E-state index contributed by atoms with van der Waals surface area (Å²) in [6.07, 6.45) is 3.41. The molecule has 0 unspecified atom stereocenters. The van der Waals surface area contributed by atoms with Gasteiger partial charge in [0.15, 0.2) is 0 Å². The van der Waals surface area contributed by atoms with Crippen molar-refractivity contribution in [3.63, 3.8) is 0 Å². The maximum Gasteiger partial charge on any atom is 0.331 e. The van der Waals surface area contributed by atoms with Gasteiger partial charge in [0.1, 0.15) is 6.04 Å². The first kappa shape index (κ1) is 30.4. The van der Waals surface area contributed by atoms with Crippen LogP contribution in [0.4, 0.5) is 0 Å². The van der Waals surface area contributed by atoms with Crippen LogP contribution in [0, 0.1) is 11.3 Å². The van der Waals surface area contributed by atoms with Crippen molar-refractivity contribution < 1.29 is 19.5 Å². The lowest BCUT2D eigenvalue weighted by Gasteiger charge is -2.38. The summed E-state index contributed by atoms with van der Waals surface area (Å²) in [5, 5.41) is 15.6. The molecule has 0 bridgehead atoms. The summed E-state index contributed by atoms with van der Waals surface area (Å²) >= 11 is 0. The molecule has 7 nitrogen and oxygen atoms in total. The first-order valence-electron chi connectivity index (χ1n) is 12.0. The number of carboxylic acids is 1. The lowest BCUT2D eigenvalue weighted by molar-refractivity contribution is -0.140. The largest absolute Gasteiger partial charge is 0.478 e. The van der Waals surface area contributed by atoms with Gasteiger partial charge in [-0.25, -0.2) is 4.79 Å². The number of nitrogens with one attached hydrogen (secondary N) is 2. The molecule has 7 heteroatoms. The van der Waals surface area contributed by atoms with Crippen LogP contribution in [0.5, 0.6) is 0 Å². The van der Waals surface area contributed by atoms with Crippen LogP contribution in [0.3, 0.4) is 0 Å². The van der Waals surface area contributed by atoms with Crippen molar-refractivity contribution >= 4 is 17.8 Å². The van der Waals surface area contributed by atoms with Gasteiger partial charge in [-0.3, -0.25) is 9.59 Å². The predicted octanol–water partition coefficient (Wildman–Crippen LogP) is 3.99. The summed E-state index contributed by atoms with van der Waals surface area (Å²) in [6.45, 7) is 11.2. The van der Waals surface area contributed by atoms with Gasteiger partial charge < -0.3 is 20.6 Å². The summed E-state index contributed by atoms with van der Waals surface area (Å²) < 4.78 is 0. The molecule has 196 valence electrons. The van der Waals surface area contributed by atoms with Crippen LogP contribution in [0.2, 0.25) is 0 Å². The highest BCUT2D eigenvalue weighted by Gasteiger charge is 2.53. The Balaban J connectivity index is 0.00000612. The number of hydrogen-bond donors (Lipinski definition) is 3. The third-order valence-corrected chi connectivity index (χ3v) is 6.88. The Bertz CT molecular complexity index is 914. The van der Waals surface area contributed by atoms with Crippen LogP contribution >= 0.6 is 0 Å². The summed E-state index contributed by atoms with van der Waals surface area (Å²) in [7, 11) is 3.45. The van der Waals surface area contributed by atoms with E-state index in [1.165, 1.54) is 6.92 Å². The molecule has 2 amide bonds. The van der Waals surface area contributed by atoms with Crippen molar-refractivity contribution in [1.82, 2.24) is 15.5 Å². The summed E-state index contributed by atoms with van der Waals surface area (Å²) in [5.41, 5.74) is 0.479. The SMILES string of the molecule is C.CN[C@H](C(=O)N[C@H](C(=O)N(C)[C@H](/C=C(\C)C(=O)O)C(C)C)C(C)(C)C)C1(c2ccccc2)CC1. The van der Waals surface area contributed by atoms with Gasteiger partial charge in [0.2, 0.25) is 11.8 Å². The fourth-order valence-electron chi connectivity index (χ4n) is 4.61. The van der Waals surface area contributed by atoms with Crippen molar-refractivity contribution in [3.8, 4) is 0 Å². The summed E-state index contributed by atoms with van der Waals surface area (Å²) in [6, 6.07) is 8.38. The molecule has 0 heterocycles. The molecule has 3 atom stereocenters. The van der Waals surface area contributed by atoms with E-state index < -0.39 is 29.5 Å². The van der Waals surface area contributed by atoms with Crippen LogP contribution in [0.1, 0.15) is 67.4 Å². The summed E-state index contributed by atoms with van der Waals surface area (Å²) in [5.74, 6) is -1.46. The number of aliphatic carboxylic acids is 1. The molecule has 1 aliphatic carbocycles. The Morgan fingerprint density at radius 3 is 2.06 bits per heavy atom. The normalized spacial score (nSPS) is 17.6. The standard InChI is InChI=1S/C27H41N3O4.CH4/c1-17(2)20(16-18(3)25(33)34)30(8)24(32)22(26(4,5)6)29-23(31)21(28-7)27(14-15-27)19-12-10-9-11-13-19;/h9-13,16-17,20-22,28H,14-15H2,1-8H3,(H,29,31)(H,33,34);1H4/b18-16+;/t20-,21-,22-;/m1./s1. The van der Waals surface area contributed by atoms with Gasteiger partial charge >= 0.3 is 5.97 Å². The van der Waals surface area contributed by atoms with Crippen LogP contribution < -0.4 is 10.6 Å². The first-order valence-corrected chi connectivity index (χ1v) is 12.0. The smallest absolute Gasteiger partial charge is 0.331 e. The molecule has 1 aliphatic rings. The van der Waals surface area contributed by atoms with Gasteiger partial charge in [0.05, 0.1) is 12.1 Å². The molecule has 1 aromatic carbocycles. The molecular formula is C28H45N3O4. The average Bonchev–Trinajstić information content (AvgIpc) is 3.56. The average molecular weight is 488 g/mol. The zero-order valence-corrected chi connectivity index (χ0v) is 21.8. The third-order valence-electron chi connectivity index (χ3n) is 6.88. The second-order valence-electron chi connectivity index (χ2n) is 10.9. The Kier molecular flexibility index (Phi) is 10.3. The van der Waals surface area contributed by atoms with Crippen LogP contribution in [-0.2, 0) is 19.8 Å². The maximum absolute atomic E-state index is 13.7. The molecule has 0 radical (unpaired) electrons. The molecule has 1 saturated carbocycles. The highest BCUT2D eigenvalue weighted by molar-refractivity contribution is 5.92. The topological polar surface area (TPSA) is 98.7 Å². The van der Waals surface area contributed by atoms with Crippen LogP contribution in [-0.4, -0.2) is 60.0 Å². The lowest BCUT2D eigenvalue weighted by Crippen LogP contribution is -2.60. The Morgan fingerprint density at radius 1 is 1.11 bits per heavy atom. The number of amides is 2. The van der Waals surface area contributed by atoms with Crippen molar-refractivity contribution in [3.05, 3.63) is 47.5 Å². The zero-order chi connectivity index (χ0) is 25.8. The van der Waals surface area contributed by atoms with Crippen molar-refractivity contribution in [2.45, 2.75) is 85.4 Å². The van der Waals surface area contributed by atoms with Gasteiger partial charge in [-0.1, -0.05) is 78.5 Å². The fourth-order valence-corrected chi connectivity index (χ4v) is 4.61. The molecule has 3 N–H and O–H groups in total. The summed E-state index contributed by atoms with van der Waals surface area (Å²) in [4.78, 5) is 40.2. The van der Waals surface area contributed by atoms with E-state index in [4.69, 9.17) is 0 Å². The molecule has 35 heavy (non-hydrogen) atoms. The minimum atomic E-state index is -1.01.